The van der Waals surface area contributed by atoms with Gasteiger partial charge >= 0.3 is 0 Å². The highest BCUT2D eigenvalue weighted by Crippen LogP contribution is 2.39. The second kappa shape index (κ2) is 9.23. The van der Waals surface area contributed by atoms with Crippen LogP contribution in [-0.2, 0) is 17.8 Å². The van der Waals surface area contributed by atoms with Gasteiger partial charge in [-0.1, -0.05) is 36.4 Å². The standard InChI is InChI=1S/C21H22N2O4S/c1-25-17-10-9-16(19(26-2)20(17)27-3)13-18(24)22-21-23(11-12-28-21)14-15-7-5-4-6-8-15/h4-12H,13-14H2,1-3H3. The second-order valence-electron chi connectivity index (χ2n) is 5.97. The van der Waals surface area contributed by atoms with Crippen LogP contribution in [0.3, 0.4) is 0 Å². The number of thiazole rings is 1. The van der Waals surface area contributed by atoms with Crippen LogP contribution in [0.5, 0.6) is 17.2 Å². The number of rotatable bonds is 7. The first-order chi connectivity index (χ1) is 13.7. The van der Waals surface area contributed by atoms with Crippen LogP contribution in [0.15, 0.2) is 59.0 Å². The topological polar surface area (TPSA) is 62.0 Å². The van der Waals surface area contributed by atoms with Gasteiger partial charge in [0.25, 0.3) is 5.91 Å². The quantitative estimate of drug-likeness (QED) is 0.613. The summed E-state index contributed by atoms with van der Waals surface area (Å²) < 4.78 is 18.1. The number of hydrogen-bond acceptors (Lipinski definition) is 5. The number of aromatic nitrogens is 1. The fourth-order valence-electron chi connectivity index (χ4n) is 2.90. The minimum absolute atomic E-state index is 0.104. The molecule has 3 rings (SSSR count). The molecule has 0 aliphatic rings. The first-order valence-electron chi connectivity index (χ1n) is 8.69. The third kappa shape index (κ3) is 4.43. The van der Waals surface area contributed by atoms with Crippen molar-refractivity contribution in [2.75, 3.05) is 21.3 Å². The maximum absolute atomic E-state index is 12.6. The molecule has 0 spiro atoms. The SMILES string of the molecule is COc1ccc(CC(=O)N=c2sccn2Cc2ccccc2)c(OC)c1OC. The lowest BCUT2D eigenvalue weighted by atomic mass is 10.1. The largest absolute Gasteiger partial charge is 0.493 e. The van der Waals surface area contributed by atoms with Crippen LogP contribution < -0.4 is 19.0 Å². The van der Waals surface area contributed by atoms with E-state index in [9.17, 15) is 4.79 Å². The number of benzene rings is 2. The van der Waals surface area contributed by atoms with E-state index < -0.39 is 0 Å². The van der Waals surface area contributed by atoms with Gasteiger partial charge in [0.2, 0.25) is 5.75 Å². The Kier molecular flexibility index (Phi) is 6.49. The number of carbonyl (C=O) groups excluding carboxylic acids is 1. The fraction of sp³-hybridized carbons (Fsp3) is 0.238. The molecule has 2 aromatic carbocycles. The molecule has 0 bridgehead atoms. The van der Waals surface area contributed by atoms with Crippen molar-refractivity contribution in [1.29, 1.82) is 0 Å². The van der Waals surface area contributed by atoms with Crippen LogP contribution in [0.1, 0.15) is 11.1 Å². The summed E-state index contributed by atoms with van der Waals surface area (Å²) in [5.74, 6) is 1.24. The van der Waals surface area contributed by atoms with E-state index in [0.717, 1.165) is 5.56 Å². The van der Waals surface area contributed by atoms with Gasteiger partial charge in [-0.2, -0.15) is 4.99 Å². The molecule has 0 unspecified atom stereocenters. The van der Waals surface area contributed by atoms with Gasteiger partial charge in [0.1, 0.15) is 0 Å². The zero-order valence-electron chi connectivity index (χ0n) is 16.0. The summed E-state index contributed by atoms with van der Waals surface area (Å²) in [6.45, 7) is 0.663. The number of amides is 1. The Morgan fingerprint density at radius 3 is 2.43 bits per heavy atom. The molecule has 6 nitrogen and oxygen atoms in total. The summed E-state index contributed by atoms with van der Waals surface area (Å²) in [6.07, 6.45) is 2.04. The third-order valence-corrected chi connectivity index (χ3v) is 5.00. The molecule has 1 heterocycles. The van der Waals surface area contributed by atoms with Gasteiger partial charge in [0.05, 0.1) is 27.8 Å². The molecule has 0 radical (unpaired) electrons. The maximum atomic E-state index is 12.6. The molecule has 1 amide bonds. The molecule has 0 aliphatic carbocycles. The Bertz CT molecular complexity index is 1010. The monoisotopic (exact) mass is 398 g/mol. The van der Waals surface area contributed by atoms with Crippen molar-refractivity contribution in [2.24, 2.45) is 4.99 Å². The van der Waals surface area contributed by atoms with Gasteiger partial charge in [0.15, 0.2) is 16.3 Å². The number of nitrogens with zero attached hydrogens (tertiary/aromatic N) is 2. The van der Waals surface area contributed by atoms with Crippen LogP contribution in [0.2, 0.25) is 0 Å². The second-order valence-corrected chi connectivity index (χ2v) is 6.85. The highest BCUT2D eigenvalue weighted by Gasteiger charge is 2.17. The molecule has 146 valence electrons. The predicted octanol–water partition coefficient (Wildman–Crippen LogP) is 3.29. The normalized spacial score (nSPS) is 11.3. The zero-order valence-corrected chi connectivity index (χ0v) is 16.9. The van der Waals surface area contributed by atoms with E-state index in [2.05, 4.69) is 4.99 Å². The number of hydrogen-bond donors (Lipinski definition) is 0. The Morgan fingerprint density at radius 1 is 1.00 bits per heavy atom. The minimum atomic E-state index is -0.255. The van der Waals surface area contributed by atoms with E-state index >= 15 is 0 Å². The molecule has 7 heteroatoms. The first kappa shape index (κ1) is 19.7. The van der Waals surface area contributed by atoms with Gasteiger partial charge in [-0.15, -0.1) is 11.3 Å². The van der Waals surface area contributed by atoms with Crippen LogP contribution in [0.25, 0.3) is 0 Å². The van der Waals surface area contributed by atoms with E-state index in [1.165, 1.54) is 25.6 Å². The summed E-state index contributed by atoms with van der Waals surface area (Å²) in [4.78, 5) is 17.6. The van der Waals surface area contributed by atoms with Gasteiger partial charge in [-0.05, 0) is 11.6 Å². The summed E-state index contributed by atoms with van der Waals surface area (Å²) in [7, 11) is 4.63. The van der Waals surface area contributed by atoms with Crippen molar-refractivity contribution in [2.45, 2.75) is 13.0 Å². The van der Waals surface area contributed by atoms with Crippen molar-refractivity contribution >= 4 is 17.2 Å². The van der Waals surface area contributed by atoms with E-state index in [1.807, 2.05) is 46.5 Å². The van der Waals surface area contributed by atoms with E-state index in [1.54, 1.807) is 19.2 Å². The van der Waals surface area contributed by atoms with Crippen molar-refractivity contribution in [1.82, 2.24) is 4.57 Å². The third-order valence-electron chi connectivity index (χ3n) is 4.20. The lowest BCUT2D eigenvalue weighted by Crippen LogP contribution is -2.17. The summed E-state index contributed by atoms with van der Waals surface area (Å²) in [5.41, 5.74) is 1.84. The van der Waals surface area contributed by atoms with Crippen molar-refractivity contribution < 1.29 is 19.0 Å². The molecule has 0 saturated carbocycles. The Hall–Kier alpha value is -3.06. The number of ether oxygens (including phenoxy) is 3. The van der Waals surface area contributed by atoms with E-state index in [0.29, 0.717) is 34.2 Å². The highest BCUT2D eigenvalue weighted by atomic mass is 32.1. The van der Waals surface area contributed by atoms with Gasteiger partial charge < -0.3 is 18.8 Å². The number of methoxy groups -OCH3 is 3. The summed E-state index contributed by atoms with van der Waals surface area (Å²) in [6, 6.07) is 13.6. The average Bonchev–Trinajstić information content (AvgIpc) is 3.14. The average molecular weight is 398 g/mol. The lowest BCUT2D eigenvalue weighted by Gasteiger charge is -2.14. The molecule has 0 fully saturated rings. The van der Waals surface area contributed by atoms with Gasteiger partial charge in [0, 0.05) is 23.7 Å². The first-order valence-corrected chi connectivity index (χ1v) is 9.57. The molecule has 0 N–H and O–H groups in total. The molecule has 0 saturated heterocycles. The summed E-state index contributed by atoms with van der Waals surface area (Å²) in [5, 5.41) is 1.92. The van der Waals surface area contributed by atoms with Crippen LogP contribution in [-0.4, -0.2) is 31.8 Å². The van der Waals surface area contributed by atoms with Gasteiger partial charge in [-0.3, -0.25) is 4.79 Å². The molecule has 0 aliphatic heterocycles. The smallest absolute Gasteiger partial charge is 0.252 e. The fourth-order valence-corrected chi connectivity index (χ4v) is 3.64. The molecule has 3 aromatic rings. The molecule has 1 aromatic heterocycles. The van der Waals surface area contributed by atoms with E-state index in [4.69, 9.17) is 14.2 Å². The van der Waals surface area contributed by atoms with Crippen LogP contribution in [0.4, 0.5) is 0 Å². The van der Waals surface area contributed by atoms with Crippen molar-refractivity contribution in [3.8, 4) is 17.2 Å². The lowest BCUT2D eigenvalue weighted by molar-refractivity contribution is -0.117. The number of carbonyl (C=O) groups is 1. The molecule has 0 atom stereocenters. The zero-order chi connectivity index (χ0) is 19.9. The molecule has 28 heavy (non-hydrogen) atoms. The Balaban J connectivity index is 1.84. The molecular formula is C21H22N2O4S. The van der Waals surface area contributed by atoms with E-state index in [-0.39, 0.29) is 12.3 Å². The minimum Gasteiger partial charge on any atom is -0.493 e. The highest BCUT2D eigenvalue weighted by molar-refractivity contribution is 7.07. The Morgan fingerprint density at radius 2 is 1.75 bits per heavy atom. The van der Waals surface area contributed by atoms with Crippen LogP contribution >= 0.6 is 11.3 Å². The van der Waals surface area contributed by atoms with Crippen molar-refractivity contribution in [3.05, 3.63) is 70.0 Å². The summed E-state index contributed by atoms with van der Waals surface area (Å²) >= 11 is 1.43. The van der Waals surface area contributed by atoms with Crippen LogP contribution in [0, 0.1) is 0 Å². The van der Waals surface area contributed by atoms with Gasteiger partial charge in [-0.25, -0.2) is 0 Å². The maximum Gasteiger partial charge on any atom is 0.252 e. The predicted molar refractivity (Wildman–Crippen MR) is 108 cm³/mol. The van der Waals surface area contributed by atoms with Crippen molar-refractivity contribution in [3.63, 3.8) is 0 Å². The Labute approximate surface area is 167 Å². The molecular weight excluding hydrogens is 376 g/mol.